The van der Waals surface area contributed by atoms with Crippen molar-refractivity contribution in [3.63, 3.8) is 0 Å². The molecule has 0 amide bonds. The monoisotopic (exact) mass is 476 g/mol. The van der Waals surface area contributed by atoms with E-state index < -0.39 is 17.9 Å². The van der Waals surface area contributed by atoms with E-state index in [0.717, 1.165) is 27.8 Å². The number of aromatic nitrogens is 2. The average Bonchev–Trinajstić information content (AvgIpc) is 2.89. The number of aliphatic carboxylic acids is 1. The first kappa shape index (κ1) is 23.2. The molecule has 178 valence electrons. The maximum atomic E-state index is 12.5. The Morgan fingerprint density at radius 1 is 0.583 bits per heavy atom. The van der Waals surface area contributed by atoms with Crippen molar-refractivity contribution in [3.05, 3.63) is 131 Å². The van der Waals surface area contributed by atoms with Gasteiger partial charge in [0.25, 0.3) is 0 Å². The van der Waals surface area contributed by atoms with Crippen LogP contribution in [0, 0.1) is 5.92 Å². The minimum atomic E-state index is -0.990. The van der Waals surface area contributed by atoms with Gasteiger partial charge in [0, 0.05) is 36.6 Å². The molecule has 2 heterocycles. The number of rotatable bonds is 7. The van der Waals surface area contributed by atoms with E-state index in [-0.39, 0.29) is 23.3 Å². The molecule has 2 aromatic carbocycles. The van der Waals surface area contributed by atoms with Gasteiger partial charge in [-0.1, -0.05) is 48.6 Å². The van der Waals surface area contributed by atoms with Crippen LogP contribution in [-0.4, -0.2) is 32.1 Å². The number of hydrogen-bond acceptors (Lipinski definition) is 4. The standard InChI is InChI=1S/C30H24N2O4/c33-29(34)24-9-7-22(8-10-24)25-26(28(30(35)36)27(25)23-13-17-32-18-14-23)21-5-3-19(4-6-21)1-2-20-11-15-31-16-12-20/h1-18,25-28H,(H,33,34)(H,35,36). The molecule has 0 saturated heterocycles. The van der Waals surface area contributed by atoms with E-state index in [4.69, 9.17) is 0 Å². The van der Waals surface area contributed by atoms with E-state index in [2.05, 4.69) is 9.97 Å². The van der Waals surface area contributed by atoms with Crippen molar-refractivity contribution >= 4 is 24.1 Å². The Balaban J connectivity index is 1.50. The molecular weight excluding hydrogens is 452 g/mol. The summed E-state index contributed by atoms with van der Waals surface area (Å²) in [5.41, 5.74) is 5.04. The van der Waals surface area contributed by atoms with Gasteiger partial charge in [-0.15, -0.1) is 0 Å². The molecule has 0 aliphatic heterocycles. The van der Waals surface area contributed by atoms with Crippen molar-refractivity contribution in [2.75, 3.05) is 0 Å². The second-order valence-electron chi connectivity index (χ2n) is 8.93. The summed E-state index contributed by atoms with van der Waals surface area (Å²) in [6, 6.07) is 22.3. The Bertz CT molecular complexity index is 1380. The van der Waals surface area contributed by atoms with Crippen LogP contribution in [0.15, 0.2) is 97.6 Å². The molecule has 0 bridgehead atoms. The zero-order chi connectivity index (χ0) is 25.1. The number of hydrogen-bond donors (Lipinski definition) is 2. The Hall–Kier alpha value is -4.58. The van der Waals surface area contributed by atoms with Crippen LogP contribution in [0.2, 0.25) is 0 Å². The lowest BCUT2D eigenvalue weighted by atomic mass is 9.51. The summed E-state index contributed by atoms with van der Waals surface area (Å²) in [4.78, 5) is 32.0. The molecule has 0 spiro atoms. The fourth-order valence-corrected chi connectivity index (χ4v) is 5.23. The molecule has 1 fully saturated rings. The predicted molar refractivity (Wildman–Crippen MR) is 137 cm³/mol. The molecule has 4 atom stereocenters. The van der Waals surface area contributed by atoms with Gasteiger partial charge in [0.2, 0.25) is 0 Å². The maximum Gasteiger partial charge on any atom is 0.335 e. The first-order chi connectivity index (χ1) is 17.5. The van der Waals surface area contributed by atoms with E-state index in [1.807, 2.05) is 60.7 Å². The minimum absolute atomic E-state index is 0.116. The first-order valence-electron chi connectivity index (χ1n) is 11.7. The molecule has 1 aliphatic carbocycles. The van der Waals surface area contributed by atoms with Gasteiger partial charge >= 0.3 is 11.9 Å². The average molecular weight is 477 g/mol. The van der Waals surface area contributed by atoms with E-state index in [0.29, 0.717) is 0 Å². The molecule has 4 aromatic rings. The zero-order valence-electron chi connectivity index (χ0n) is 19.3. The number of nitrogens with zero attached hydrogens (tertiary/aromatic N) is 2. The van der Waals surface area contributed by atoms with Gasteiger partial charge in [-0.3, -0.25) is 14.8 Å². The highest BCUT2D eigenvalue weighted by atomic mass is 16.4. The van der Waals surface area contributed by atoms with Crippen LogP contribution in [-0.2, 0) is 4.79 Å². The second kappa shape index (κ2) is 9.96. The van der Waals surface area contributed by atoms with Crippen molar-refractivity contribution < 1.29 is 19.8 Å². The highest BCUT2D eigenvalue weighted by Crippen LogP contribution is 2.62. The molecule has 5 rings (SSSR count). The lowest BCUT2D eigenvalue weighted by Crippen LogP contribution is -2.46. The Morgan fingerprint density at radius 2 is 1.03 bits per heavy atom. The van der Waals surface area contributed by atoms with E-state index in [1.54, 1.807) is 49.1 Å². The third-order valence-electron chi connectivity index (χ3n) is 6.96. The molecule has 2 N–H and O–H groups in total. The predicted octanol–water partition coefficient (Wildman–Crippen LogP) is 5.71. The molecule has 1 aliphatic rings. The first-order valence-corrected chi connectivity index (χ1v) is 11.7. The van der Waals surface area contributed by atoms with Crippen LogP contribution >= 0.6 is 0 Å². The van der Waals surface area contributed by atoms with Crippen molar-refractivity contribution in [2.45, 2.75) is 17.8 Å². The van der Waals surface area contributed by atoms with Gasteiger partial charge in [-0.25, -0.2) is 4.79 Å². The Morgan fingerprint density at radius 3 is 1.56 bits per heavy atom. The Kier molecular flexibility index (Phi) is 6.41. The number of aromatic carboxylic acids is 1. The Labute approximate surface area is 208 Å². The van der Waals surface area contributed by atoms with E-state index in [9.17, 15) is 19.8 Å². The quantitative estimate of drug-likeness (QED) is 0.354. The molecule has 6 heteroatoms. The smallest absolute Gasteiger partial charge is 0.335 e. The number of carboxylic acid groups (broad SMARTS) is 2. The SMILES string of the molecule is O=C(O)c1ccc(C2C(c3ccncc3)C(C(=O)O)C2c2ccc(C=Cc3ccncc3)cc2)cc1. The molecular formula is C30H24N2O4. The van der Waals surface area contributed by atoms with Gasteiger partial charge in [0.15, 0.2) is 0 Å². The van der Waals surface area contributed by atoms with Crippen LogP contribution in [0.4, 0.5) is 0 Å². The molecule has 0 radical (unpaired) electrons. The largest absolute Gasteiger partial charge is 0.481 e. The molecule has 36 heavy (non-hydrogen) atoms. The summed E-state index contributed by atoms with van der Waals surface area (Å²) >= 11 is 0. The lowest BCUT2D eigenvalue weighted by molar-refractivity contribution is -0.148. The zero-order valence-corrected chi connectivity index (χ0v) is 19.3. The minimum Gasteiger partial charge on any atom is -0.481 e. The van der Waals surface area contributed by atoms with Crippen LogP contribution in [0.5, 0.6) is 0 Å². The van der Waals surface area contributed by atoms with E-state index >= 15 is 0 Å². The van der Waals surface area contributed by atoms with Crippen molar-refractivity contribution in [1.82, 2.24) is 9.97 Å². The van der Waals surface area contributed by atoms with Crippen LogP contribution in [0.25, 0.3) is 12.2 Å². The normalized spacial score (nSPS) is 21.1. The maximum absolute atomic E-state index is 12.5. The van der Waals surface area contributed by atoms with Crippen LogP contribution < -0.4 is 0 Å². The van der Waals surface area contributed by atoms with Crippen molar-refractivity contribution in [3.8, 4) is 0 Å². The fourth-order valence-electron chi connectivity index (χ4n) is 5.23. The summed E-state index contributed by atoms with van der Waals surface area (Å²) in [6.45, 7) is 0. The van der Waals surface area contributed by atoms with Gasteiger partial charge in [0.1, 0.15) is 0 Å². The van der Waals surface area contributed by atoms with Gasteiger partial charge in [-0.2, -0.15) is 0 Å². The summed E-state index contributed by atoms with van der Waals surface area (Å²) in [6.07, 6.45) is 10.9. The summed E-state index contributed by atoms with van der Waals surface area (Å²) in [5.74, 6) is -3.07. The number of pyridine rings is 2. The third kappa shape index (κ3) is 4.53. The molecule has 6 nitrogen and oxygen atoms in total. The lowest BCUT2D eigenvalue weighted by Gasteiger charge is -2.51. The second-order valence-corrected chi connectivity index (χ2v) is 8.93. The highest BCUT2D eigenvalue weighted by Gasteiger charge is 2.55. The molecule has 4 unspecified atom stereocenters. The van der Waals surface area contributed by atoms with Gasteiger partial charge < -0.3 is 10.2 Å². The van der Waals surface area contributed by atoms with Crippen LogP contribution in [0.3, 0.4) is 0 Å². The van der Waals surface area contributed by atoms with Crippen molar-refractivity contribution in [2.24, 2.45) is 5.92 Å². The topological polar surface area (TPSA) is 100 Å². The number of benzene rings is 2. The van der Waals surface area contributed by atoms with Crippen molar-refractivity contribution in [1.29, 1.82) is 0 Å². The summed E-state index contributed by atoms with van der Waals surface area (Å²) in [7, 11) is 0. The summed E-state index contributed by atoms with van der Waals surface area (Å²) < 4.78 is 0. The molecule has 2 aromatic heterocycles. The van der Waals surface area contributed by atoms with E-state index in [1.165, 1.54) is 0 Å². The van der Waals surface area contributed by atoms with Gasteiger partial charge in [-0.05, 0) is 70.1 Å². The van der Waals surface area contributed by atoms with Crippen LogP contribution in [0.1, 0.15) is 55.9 Å². The third-order valence-corrected chi connectivity index (χ3v) is 6.96. The number of carboxylic acids is 2. The molecule has 1 saturated carbocycles. The summed E-state index contributed by atoms with van der Waals surface area (Å²) in [5, 5.41) is 19.5. The fraction of sp³-hybridized carbons (Fsp3) is 0.133. The van der Waals surface area contributed by atoms with Gasteiger partial charge in [0.05, 0.1) is 11.5 Å². The number of carbonyl (C=O) groups is 2. The highest BCUT2D eigenvalue weighted by molar-refractivity contribution is 5.87.